The van der Waals surface area contributed by atoms with Gasteiger partial charge in [-0.3, -0.25) is 4.79 Å². The molecule has 0 aliphatic heterocycles. The first-order valence-electron chi connectivity index (χ1n) is 13.6. The number of aromatic carboxylic acids is 1. The zero-order valence-corrected chi connectivity index (χ0v) is 23.5. The van der Waals surface area contributed by atoms with Gasteiger partial charge in [-0.15, -0.1) is 0 Å². The van der Waals surface area contributed by atoms with Crippen molar-refractivity contribution in [1.29, 1.82) is 0 Å². The predicted octanol–water partition coefficient (Wildman–Crippen LogP) is 8.14. The third-order valence-electron chi connectivity index (χ3n) is 8.10. The zero-order chi connectivity index (χ0) is 27.7. The molecule has 0 bridgehead atoms. The van der Waals surface area contributed by atoms with Crippen molar-refractivity contribution in [2.75, 3.05) is 18.0 Å². The van der Waals surface area contributed by atoms with Gasteiger partial charge in [0.2, 0.25) is 0 Å². The summed E-state index contributed by atoms with van der Waals surface area (Å²) >= 11 is 0. The molecule has 38 heavy (non-hydrogen) atoms. The highest BCUT2D eigenvalue weighted by atomic mass is 16.4. The topological polar surface area (TPSA) is 57.6 Å². The second-order valence-corrected chi connectivity index (χ2v) is 11.6. The molecule has 0 atom stereocenters. The number of anilines is 1. The van der Waals surface area contributed by atoms with Crippen molar-refractivity contribution in [2.45, 2.75) is 65.2 Å². The van der Waals surface area contributed by atoms with Crippen molar-refractivity contribution < 1.29 is 14.7 Å². The Labute approximate surface area is 227 Å². The normalized spacial score (nSPS) is 15.7. The molecule has 0 amide bonds. The Kier molecular flexibility index (Phi) is 7.64. The van der Waals surface area contributed by atoms with Gasteiger partial charge in [-0.25, -0.2) is 4.79 Å². The fourth-order valence-corrected chi connectivity index (χ4v) is 5.61. The van der Waals surface area contributed by atoms with E-state index in [0.717, 1.165) is 42.6 Å². The minimum absolute atomic E-state index is 0.00103. The SMILES string of the molecule is CCN(CC)c1ccc(-c2cc(C(=O)/C=C/c3ccc(C(=O)O)cc3)cc3c2C(C)(C)CCC3(C)C)cc1. The lowest BCUT2D eigenvalue weighted by Crippen LogP contribution is -2.34. The van der Waals surface area contributed by atoms with E-state index in [1.165, 1.54) is 16.8 Å². The molecule has 1 aliphatic rings. The summed E-state index contributed by atoms with van der Waals surface area (Å²) < 4.78 is 0. The lowest BCUT2D eigenvalue weighted by molar-refractivity contribution is 0.0696. The molecule has 1 aliphatic carbocycles. The fourth-order valence-electron chi connectivity index (χ4n) is 5.61. The molecular formula is C34H39NO3. The smallest absolute Gasteiger partial charge is 0.335 e. The second-order valence-electron chi connectivity index (χ2n) is 11.6. The van der Waals surface area contributed by atoms with E-state index in [1.54, 1.807) is 36.4 Å². The Morgan fingerprint density at radius 3 is 2.03 bits per heavy atom. The van der Waals surface area contributed by atoms with Crippen molar-refractivity contribution in [1.82, 2.24) is 0 Å². The largest absolute Gasteiger partial charge is 0.478 e. The van der Waals surface area contributed by atoms with E-state index in [1.807, 2.05) is 0 Å². The van der Waals surface area contributed by atoms with Crippen LogP contribution in [0.4, 0.5) is 5.69 Å². The first-order valence-corrected chi connectivity index (χ1v) is 13.6. The molecule has 0 saturated carbocycles. The first kappa shape index (κ1) is 27.4. The van der Waals surface area contributed by atoms with E-state index in [9.17, 15) is 9.59 Å². The van der Waals surface area contributed by atoms with Gasteiger partial charge in [-0.05, 0) is 108 Å². The zero-order valence-electron chi connectivity index (χ0n) is 23.5. The van der Waals surface area contributed by atoms with E-state index < -0.39 is 5.97 Å². The number of allylic oxidation sites excluding steroid dienone is 1. The molecule has 3 aromatic rings. The number of rotatable bonds is 8. The third kappa shape index (κ3) is 5.45. The van der Waals surface area contributed by atoms with Crippen LogP contribution in [0.5, 0.6) is 0 Å². The Morgan fingerprint density at radius 1 is 0.842 bits per heavy atom. The number of fused-ring (bicyclic) bond motifs is 1. The highest BCUT2D eigenvalue weighted by Gasteiger charge is 2.39. The molecule has 4 nitrogen and oxygen atoms in total. The minimum atomic E-state index is -0.964. The molecule has 198 valence electrons. The molecule has 0 unspecified atom stereocenters. The van der Waals surface area contributed by atoms with Gasteiger partial charge in [-0.2, -0.15) is 0 Å². The number of carboxylic acids is 1. The monoisotopic (exact) mass is 509 g/mol. The number of carbonyl (C=O) groups is 2. The van der Waals surface area contributed by atoms with Crippen LogP contribution in [0.15, 0.2) is 66.7 Å². The maximum absolute atomic E-state index is 13.5. The number of nitrogens with zero attached hydrogens (tertiary/aromatic N) is 1. The van der Waals surface area contributed by atoms with E-state index in [2.05, 4.69) is 82.8 Å². The van der Waals surface area contributed by atoms with Gasteiger partial charge in [0.25, 0.3) is 0 Å². The van der Waals surface area contributed by atoms with E-state index in [-0.39, 0.29) is 22.2 Å². The number of ketones is 1. The van der Waals surface area contributed by atoms with Crippen molar-refractivity contribution in [3.8, 4) is 11.1 Å². The summed E-state index contributed by atoms with van der Waals surface area (Å²) in [6.07, 6.45) is 5.50. The lowest BCUT2D eigenvalue weighted by atomic mass is 9.61. The summed E-state index contributed by atoms with van der Waals surface area (Å²) in [6.45, 7) is 15.4. The molecule has 4 heteroatoms. The van der Waals surface area contributed by atoms with Crippen LogP contribution < -0.4 is 4.90 Å². The van der Waals surface area contributed by atoms with Gasteiger partial charge in [0.05, 0.1) is 5.56 Å². The van der Waals surface area contributed by atoms with Gasteiger partial charge in [0, 0.05) is 24.3 Å². The first-order chi connectivity index (χ1) is 18.0. The Hall–Kier alpha value is -3.66. The van der Waals surface area contributed by atoms with E-state index in [4.69, 9.17) is 5.11 Å². The standard InChI is InChI=1S/C34H39NO3/c1-7-35(8-2)27-16-14-24(15-17-27)28-21-26(22-29-31(28)34(5,6)20-19-33(29,3)4)30(36)18-11-23-9-12-25(13-10-23)32(37)38/h9-18,21-22H,7-8,19-20H2,1-6H3,(H,37,38)/b18-11+. The molecule has 0 saturated heterocycles. The summed E-state index contributed by atoms with van der Waals surface area (Å²) in [5.74, 6) is -1.02. The van der Waals surface area contributed by atoms with Crippen LogP contribution in [-0.2, 0) is 10.8 Å². The number of carboxylic acid groups (broad SMARTS) is 1. The summed E-state index contributed by atoms with van der Waals surface area (Å²) in [4.78, 5) is 26.9. The third-order valence-corrected chi connectivity index (χ3v) is 8.10. The van der Waals surface area contributed by atoms with Gasteiger partial charge in [-0.1, -0.05) is 58.0 Å². The predicted molar refractivity (Wildman–Crippen MR) is 157 cm³/mol. The van der Waals surface area contributed by atoms with Crippen molar-refractivity contribution >= 4 is 23.5 Å². The number of carbonyl (C=O) groups excluding carboxylic acids is 1. The highest BCUT2D eigenvalue weighted by molar-refractivity contribution is 6.08. The van der Waals surface area contributed by atoms with Crippen LogP contribution in [0.1, 0.15) is 91.8 Å². The maximum Gasteiger partial charge on any atom is 0.335 e. The summed E-state index contributed by atoms with van der Waals surface area (Å²) in [7, 11) is 0. The average Bonchev–Trinajstić information content (AvgIpc) is 2.90. The van der Waals surface area contributed by atoms with Gasteiger partial charge in [0.1, 0.15) is 0 Å². The van der Waals surface area contributed by atoms with Crippen molar-refractivity contribution in [3.63, 3.8) is 0 Å². The Balaban J connectivity index is 1.79. The van der Waals surface area contributed by atoms with Crippen LogP contribution in [0.25, 0.3) is 17.2 Å². The molecular weight excluding hydrogens is 470 g/mol. The quantitative estimate of drug-likeness (QED) is 0.246. The molecule has 0 aromatic heterocycles. The second kappa shape index (κ2) is 10.6. The van der Waals surface area contributed by atoms with Gasteiger partial charge in [0.15, 0.2) is 5.78 Å². The number of hydrogen-bond acceptors (Lipinski definition) is 3. The van der Waals surface area contributed by atoms with E-state index in [0.29, 0.717) is 5.56 Å². The maximum atomic E-state index is 13.5. The molecule has 0 spiro atoms. The number of benzene rings is 3. The molecule has 3 aromatic carbocycles. The van der Waals surface area contributed by atoms with Crippen LogP contribution >= 0.6 is 0 Å². The fraction of sp³-hybridized carbons (Fsp3) is 0.353. The molecule has 4 rings (SSSR count). The van der Waals surface area contributed by atoms with Crippen molar-refractivity contribution in [3.05, 3.63) is 94.6 Å². The summed E-state index contributed by atoms with van der Waals surface area (Å²) in [5.41, 5.74) is 7.72. The molecule has 1 N–H and O–H groups in total. The summed E-state index contributed by atoms with van der Waals surface area (Å²) in [6, 6.07) is 19.5. The van der Waals surface area contributed by atoms with Crippen molar-refractivity contribution in [2.24, 2.45) is 0 Å². The lowest BCUT2D eigenvalue weighted by Gasteiger charge is -2.43. The Bertz CT molecular complexity index is 1360. The van der Waals surface area contributed by atoms with Gasteiger partial charge < -0.3 is 10.0 Å². The van der Waals surface area contributed by atoms with E-state index >= 15 is 0 Å². The molecule has 0 radical (unpaired) electrons. The minimum Gasteiger partial charge on any atom is -0.478 e. The number of hydrogen-bond donors (Lipinski definition) is 1. The van der Waals surface area contributed by atoms with Crippen LogP contribution in [0.2, 0.25) is 0 Å². The molecule has 0 fully saturated rings. The highest BCUT2D eigenvalue weighted by Crippen LogP contribution is 2.50. The average molecular weight is 510 g/mol. The van der Waals surface area contributed by atoms with Crippen LogP contribution in [0, 0.1) is 0 Å². The van der Waals surface area contributed by atoms with Crippen LogP contribution in [0.3, 0.4) is 0 Å². The van der Waals surface area contributed by atoms with Gasteiger partial charge >= 0.3 is 5.97 Å². The van der Waals surface area contributed by atoms with Crippen LogP contribution in [-0.4, -0.2) is 29.9 Å². The summed E-state index contributed by atoms with van der Waals surface area (Å²) in [5, 5.41) is 9.13. The Morgan fingerprint density at radius 2 is 1.45 bits per heavy atom. The molecule has 0 heterocycles.